The van der Waals surface area contributed by atoms with Crippen molar-refractivity contribution in [2.75, 3.05) is 12.3 Å². The Morgan fingerprint density at radius 3 is 2.72 bits per heavy atom. The third kappa shape index (κ3) is 5.61. The fourth-order valence-corrected chi connectivity index (χ4v) is 7.52. The fourth-order valence-electron chi connectivity index (χ4n) is 5.95. The minimum atomic E-state index is -4.22. The van der Waals surface area contributed by atoms with Gasteiger partial charge in [-0.3, -0.25) is 9.32 Å². The number of rotatable bonds is 10. The zero-order valence-corrected chi connectivity index (χ0v) is 24.9. The number of nitrogens with zero attached hydrogens (tertiary/aromatic N) is 3. The predicted octanol–water partition coefficient (Wildman–Crippen LogP) is 3.74. The first-order valence-corrected chi connectivity index (χ1v) is 16.0. The van der Waals surface area contributed by atoms with Gasteiger partial charge in [0, 0.05) is 16.7 Å². The standard InChI is InChI=1S/C30H36N5O7P/c1-18(29(38)41-21-9-6-10-21)34-43(39,42-24-12-5-8-19-7-3-4-11-22(19)24)40-16-20-15-30(2,27(37)26(20)36)25-14-13-23-28(31)32-17-33-35(23)25/h3-5,7-8,11-14,17-18,20-21,26-27,36-37H,6,9-10,15-16H2,1-2H3,(H,34,39)(H2,31,32,33)/t18-,20+,26+,27+,30-,43?/m0/s1. The van der Waals surface area contributed by atoms with Crippen molar-refractivity contribution in [3.8, 4) is 5.75 Å². The van der Waals surface area contributed by atoms with E-state index < -0.39 is 43.3 Å². The maximum absolute atomic E-state index is 14.3. The molecule has 2 aromatic heterocycles. The highest BCUT2D eigenvalue weighted by atomic mass is 31.2. The van der Waals surface area contributed by atoms with Crippen LogP contribution in [0.5, 0.6) is 5.75 Å². The maximum atomic E-state index is 14.3. The number of hydrogen-bond donors (Lipinski definition) is 4. The summed E-state index contributed by atoms with van der Waals surface area (Å²) < 4.78 is 33.4. The molecule has 6 atom stereocenters. The predicted molar refractivity (Wildman–Crippen MR) is 159 cm³/mol. The highest BCUT2D eigenvalue weighted by molar-refractivity contribution is 7.52. The van der Waals surface area contributed by atoms with Gasteiger partial charge in [0.25, 0.3) is 0 Å². The number of nitrogen functional groups attached to an aromatic ring is 1. The Bertz CT molecular complexity index is 1690. The minimum absolute atomic E-state index is 0.144. The average molecular weight is 610 g/mol. The smallest absolute Gasteiger partial charge is 0.459 e. The van der Waals surface area contributed by atoms with Crippen LogP contribution in [0.4, 0.5) is 5.82 Å². The lowest BCUT2D eigenvalue weighted by molar-refractivity contribution is -0.154. The van der Waals surface area contributed by atoms with E-state index in [1.54, 1.807) is 35.7 Å². The Labute approximate surface area is 248 Å². The minimum Gasteiger partial charge on any atom is -0.461 e. The Morgan fingerprint density at radius 1 is 1.19 bits per heavy atom. The van der Waals surface area contributed by atoms with Gasteiger partial charge in [0.2, 0.25) is 0 Å². The van der Waals surface area contributed by atoms with Crippen LogP contribution in [-0.2, 0) is 24.0 Å². The van der Waals surface area contributed by atoms with Crippen molar-refractivity contribution in [2.24, 2.45) is 5.92 Å². The van der Waals surface area contributed by atoms with E-state index in [9.17, 15) is 19.6 Å². The maximum Gasteiger partial charge on any atom is 0.459 e. The second-order valence-corrected chi connectivity index (χ2v) is 13.4. The van der Waals surface area contributed by atoms with Crippen molar-refractivity contribution in [1.29, 1.82) is 0 Å². The number of nitrogens with one attached hydrogen (secondary N) is 1. The van der Waals surface area contributed by atoms with Crippen LogP contribution in [-0.4, -0.2) is 61.7 Å². The summed E-state index contributed by atoms with van der Waals surface area (Å²) in [5, 5.41) is 31.0. The molecule has 2 heterocycles. The van der Waals surface area contributed by atoms with Crippen LogP contribution in [0.15, 0.2) is 60.9 Å². The summed E-state index contributed by atoms with van der Waals surface area (Å²) >= 11 is 0. The lowest BCUT2D eigenvalue weighted by Gasteiger charge is -2.29. The first kappa shape index (κ1) is 29.5. The highest BCUT2D eigenvalue weighted by Gasteiger charge is 2.52. The number of anilines is 1. The molecule has 5 N–H and O–H groups in total. The summed E-state index contributed by atoms with van der Waals surface area (Å²) in [6, 6.07) is 15.4. The number of nitrogens with two attached hydrogens (primary N) is 1. The third-order valence-corrected chi connectivity index (χ3v) is 10.3. The number of esters is 1. The van der Waals surface area contributed by atoms with E-state index in [0.717, 1.165) is 24.6 Å². The summed E-state index contributed by atoms with van der Waals surface area (Å²) in [6.07, 6.45) is 1.68. The number of carbonyl (C=O) groups excluding carboxylic acids is 1. The molecule has 228 valence electrons. The second-order valence-electron chi connectivity index (χ2n) is 11.7. The lowest BCUT2D eigenvalue weighted by Crippen LogP contribution is -2.39. The van der Waals surface area contributed by atoms with Gasteiger partial charge in [0.1, 0.15) is 29.7 Å². The molecule has 2 aliphatic rings. The van der Waals surface area contributed by atoms with Crippen LogP contribution < -0.4 is 15.3 Å². The van der Waals surface area contributed by atoms with E-state index in [1.165, 1.54) is 6.33 Å². The molecule has 2 fully saturated rings. The summed E-state index contributed by atoms with van der Waals surface area (Å²) in [6.45, 7) is 3.14. The third-order valence-electron chi connectivity index (χ3n) is 8.68. The molecule has 2 aromatic carbocycles. The SMILES string of the molecule is C[C@H](NP(=O)(OC[C@H]1C[C@@](C)(c2ccc3c(N)ncnn23)[C@H](O)[C@@H]1O)Oc1cccc2ccccc12)C(=O)OC1CCC1. The molecule has 6 rings (SSSR count). The molecule has 4 aromatic rings. The van der Waals surface area contributed by atoms with Crippen LogP contribution in [0.1, 0.15) is 45.2 Å². The van der Waals surface area contributed by atoms with E-state index >= 15 is 0 Å². The molecule has 0 spiro atoms. The lowest BCUT2D eigenvalue weighted by atomic mass is 9.82. The van der Waals surface area contributed by atoms with Crippen molar-refractivity contribution in [3.05, 3.63) is 66.6 Å². The quantitative estimate of drug-likeness (QED) is 0.153. The number of fused-ring (bicyclic) bond motifs is 2. The average Bonchev–Trinajstić information content (AvgIpc) is 3.51. The van der Waals surface area contributed by atoms with Gasteiger partial charge in [-0.15, -0.1) is 0 Å². The summed E-state index contributed by atoms with van der Waals surface area (Å²) in [7, 11) is -4.22. The van der Waals surface area contributed by atoms with E-state index in [2.05, 4.69) is 15.2 Å². The van der Waals surface area contributed by atoms with Crippen LogP contribution >= 0.6 is 7.75 Å². The summed E-state index contributed by atoms with van der Waals surface area (Å²) in [5.74, 6) is -0.587. The van der Waals surface area contributed by atoms with Gasteiger partial charge in [-0.05, 0) is 56.2 Å². The number of carbonyl (C=O) groups is 1. The molecule has 1 unspecified atom stereocenters. The largest absolute Gasteiger partial charge is 0.461 e. The molecule has 12 nitrogen and oxygen atoms in total. The van der Waals surface area contributed by atoms with Crippen LogP contribution in [0, 0.1) is 5.92 Å². The van der Waals surface area contributed by atoms with Gasteiger partial charge < -0.3 is 25.2 Å². The highest BCUT2D eigenvalue weighted by Crippen LogP contribution is 2.50. The van der Waals surface area contributed by atoms with Crippen molar-refractivity contribution >= 4 is 35.8 Å². The van der Waals surface area contributed by atoms with E-state index in [0.29, 0.717) is 28.2 Å². The summed E-state index contributed by atoms with van der Waals surface area (Å²) in [5.41, 5.74) is 6.30. The number of aliphatic hydroxyl groups is 2. The van der Waals surface area contributed by atoms with Crippen molar-refractivity contribution in [2.45, 2.75) is 69.3 Å². The summed E-state index contributed by atoms with van der Waals surface area (Å²) in [4.78, 5) is 16.8. The van der Waals surface area contributed by atoms with Crippen LogP contribution in [0.25, 0.3) is 16.3 Å². The zero-order chi connectivity index (χ0) is 30.4. The Hall–Kier alpha value is -3.54. The van der Waals surface area contributed by atoms with Gasteiger partial charge in [0.15, 0.2) is 5.82 Å². The molecule has 13 heteroatoms. The molecule has 0 aliphatic heterocycles. The van der Waals surface area contributed by atoms with Crippen LogP contribution in [0.2, 0.25) is 0 Å². The van der Waals surface area contributed by atoms with Crippen molar-refractivity contribution in [3.63, 3.8) is 0 Å². The van der Waals surface area contributed by atoms with Gasteiger partial charge in [-0.2, -0.15) is 10.2 Å². The Morgan fingerprint density at radius 2 is 1.95 bits per heavy atom. The molecule has 0 bridgehead atoms. The van der Waals surface area contributed by atoms with Crippen LogP contribution in [0.3, 0.4) is 0 Å². The van der Waals surface area contributed by atoms with Gasteiger partial charge in [-0.1, -0.05) is 43.3 Å². The number of hydrogen-bond acceptors (Lipinski definition) is 10. The Kier molecular flexibility index (Phi) is 7.91. The molecule has 0 saturated heterocycles. The first-order chi connectivity index (χ1) is 20.6. The van der Waals surface area contributed by atoms with Gasteiger partial charge >= 0.3 is 13.7 Å². The number of ether oxygens (including phenoxy) is 1. The van der Waals surface area contributed by atoms with E-state index in [1.807, 2.05) is 37.3 Å². The van der Waals surface area contributed by atoms with Gasteiger partial charge in [-0.25, -0.2) is 14.1 Å². The molecular weight excluding hydrogens is 573 g/mol. The van der Waals surface area contributed by atoms with Crippen molar-refractivity contribution in [1.82, 2.24) is 19.7 Å². The van der Waals surface area contributed by atoms with E-state index in [-0.39, 0.29) is 19.1 Å². The number of aromatic nitrogens is 3. The van der Waals surface area contributed by atoms with Gasteiger partial charge in [0.05, 0.1) is 24.5 Å². The molecular formula is C30H36N5O7P. The molecule has 0 radical (unpaired) electrons. The molecule has 43 heavy (non-hydrogen) atoms. The number of aliphatic hydroxyl groups excluding tert-OH is 2. The van der Waals surface area contributed by atoms with Crippen molar-refractivity contribution < 1.29 is 33.4 Å². The fraction of sp³-hybridized carbons (Fsp3) is 0.433. The topological polar surface area (TPSA) is 171 Å². The van der Waals surface area contributed by atoms with E-state index in [4.69, 9.17) is 19.5 Å². The molecule has 2 saturated carbocycles. The second kappa shape index (κ2) is 11.5. The molecule has 2 aliphatic carbocycles. The monoisotopic (exact) mass is 609 g/mol. The zero-order valence-electron chi connectivity index (χ0n) is 24.0. The first-order valence-electron chi connectivity index (χ1n) is 14.4. The Balaban J connectivity index is 1.24. The number of benzene rings is 2. The molecule has 0 amide bonds. The normalized spacial score (nSPS) is 26.2.